The second kappa shape index (κ2) is 7.72. The van der Waals surface area contributed by atoms with Crippen molar-refractivity contribution in [1.29, 1.82) is 0 Å². The summed E-state index contributed by atoms with van der Waals surface area (Å²) in [5.41, 5.74) is 0.562. The number of nitrogens with zero attached hydrogens (tertiary/aromatic N) is 2. The van der Waals surface area contributed by atoms with E-state index < -0.39 is 10.0 Å². The molecule has 0 bridgehead atoms. The number of carbonyl (C=O) groups excluding carboxylic acids is 1. The number of hydrogen-bond donors (Lipinski definition) is 2. The van der Waals surface area contributed by atoms with E-state index in [0.29, 0.717) is 17.9 Å². The first-order valence-corrected chi connectivity index (χ1v) is 9.57. The quantitative estimate of drug-likeness (QED) is 0.801. The maximum atomic E-state index is 12.5. The lowest BCUT2D eigenvalue weighted by molar-refractivity contribution is -0.134. The Kier molecular flexibility index (Phi) is 6.08. The van der Waals surface area contributed by atoms with Gasteiger partial charge in [0, 0.05) is 37.7 Å². The summed E-state index contributed by atoms with van der Waals surface area (Å²) in [5.74, 6) is 0.370. The summed E-state index contributed by atoms with van der Waals surface area (Å²) in [6.07, 6.45) is 0.262. The van der Waals surface area contributed by atoms with E-state index >= 15 is 0 Å². The van der Waals surface area contributed by atoms with E-state index in [4.69, 9.17) is 0 Å². The van der Waals surface area contributed by atoms with E-state index in [1.54, 1.807) is 24.3 Å². The number of amides is 1. The molecule has 138 valence electrons. The minimum Gasteiger partial charge on any atom is -0.337 e. The molecule has 0 aromatic heterocycles. The van der Waals surface area contributed by atoms with Gasteiger partial charge in [0.1, 0.15) is 5.84 Å². The lowest BCUT2D eigenvalue weighted by atomic mass is 10.1. The van der Waals surface area contributed by atoms with Crippen LogP contribution in [0.5, 0.6) is 0 Å². The Bertz CT molecular complexity index is 781. The number of benzene rings is 1. The van der Waals surface area contributed by atoms with Gasteiger partial charge in [-0.25, -0.2) is 8.42 Å². The predicted molar refractivity (Wildman–Crippen MR) is 98.7 cm³/mol. The van der Waals surface area contributed by atoms with Crippen LogP contribution in [-0.4, -0.2) is 56.8 Å². The number of amidine groups is 1. The normalized spacial score (nSPS) is 24.2. The molecule has 1 unspecified atom stereocenters. The Morgan fingerprint density at radius 2 is 2.12 bits per heavy atom. The lowest BCUT2D eigenvalue weighted by Crippen LogP contribution is -2.52. The van der Waals surface area contributed by atoms with Gasteiger partial charge >= 0.3 is 0 Å². The van der Waals surface area contributed by atoms with Gasteiger partial charge < -0.3 is 10.2 Å². The molecule has 0 saturated carbocycles. The fraction of sp³-hybridized carbons (Fsp3) is 0.500. The number of aliphatic imine (C=N–C) groups is 1. The highest BCUT2D eigenvalue weighted by Gasteiger charge is 2.31. The van der Waals surface area contributed by atoms with E-state index in [2.05, 4.69) is 15.0 Å². The van der Waals surface area contributed by atoms with Crippen LogP contribution in [0.25, 0.3) is 0 Å². The van der Waals surface area contributed by atoms with Crippen molar-refractivity contribution in [2.75, 3.05) is 19.6 Å². The third-order valence-corrected chi connectivity index (χ3v) is 5.70. The number of halogens is 1. The van der Waals surface area contributed by atoms with E-state index in [-0.39, 0.29) is 41.7 Å². The monoisotopic (exact) mass is 386 g/mol. The summed E-state index contributed by atoms with van der Waals surface area (Å²) in [5, 5.41) is 3.25. The number of rotatable bonds is 3. The molecule has 1 amide bonds. The number of piperazine rings is 1. The standard InChI is InChI=1S/C16H22N4O3S.ClH/c1-11(9-15(21)20-8-7-17-10-12(20)2)18-16-13-5-3-4-6-14(13)24(22,23)19-16;/h3-6,11-12,17H,7-10H2,1-2H3,(H,18,19);1H/t11?,12-;/m0./s1. The summed E-state index contributed by atoms with van der Waals surface area (Å²) >= 11 is 0. The predicted octanol–water partition coefficient (Wildman–Crippen LogP) is 0.746. The third-order valence-electron chi connectivity index (χ3n) is 4.30. The van der Waals surface area contributed by atoms with Crippen LogP contribution < -0.4 is 10.0 Å². The smallest absolute Gasteiger partial charge is 0.263 e. The summed E-state index contributed by atoms with van der Waals surface area (Å²) in [4.78, 5) is 19.0. The Labute approximate surface area is 154 Å². The van der Waals surface area contributed by atoms with Crippen molar-refractivity contribution in [1.82, 2.24) is 14.9 Å². The minimum atomic E-state index is -3.54. The van der Waals surface area contributed by atoms with Gasteiger partial charge in [-0.3, -0.25) is 14.5 Å². The molecular weight excluding hydrogens is 364 g/mol. The molecule has 0 aliphatic carbocycles. The van der Waals surface area contributed by atoms with Crippen molar-refractivity contribution in [2.24, 2.45) is 4.99 Å². The fourth-order valence-electron chi connectivity index (χ4n) is 3.08. The summed E-state index contributed by atoms with van der Waals surface area (Å²) < 4.78 is 26.6. The molecular formula is C16H23ClN4O3S. The van der Waals surface area contributed by atoms with Gasteiger partial charge in [0.2, 0.25) is 5.91 Å². The fourth-order valence-corrected chi connectivity index (χ4v) is 4.32. The molecule has 1 fully saturated rings. The van der Waals surface area contributed by atoms with Crippen LogP contribution in [0.4, 0.5) is 0 Å². The van der Waals surface area contributed by atoms with E-state index in [1.807, 2.05) is 18.7 Å². The average Bonchev–Trinajstić information content (AvgIpc) is 2.79. The van der Waals surface area contributed by atoms with Crippen LogP contribution in [-0.2, 0) is 14.8 Å². The van der Waals surface area contributed by atoms with Crippen molar-refractivity contribution >= 4 is 34.2 Å². The molecule has 3 rings (SSSR count). The molecule has 2 aliphatic heterocycles. The first kappa shape index (κ1) is 19.7. The number of fused-ring (bicyclic) bond motifs is 1. The molecule has 2 heterocycles. The molecule has 2 atom stereocenters. The highest BCUT2D eigenvalue weighted by molar-refractivity contribution is 7.90. The van der Waals surface area contributed by atoms with Gasteiger partial charge in [-0.1, -0.05) is 12.1 Å². The second-order valence-corrected chi connectivity index (χ2v) is 7.92. The number of nitrogens with one attached hydrogen (secondary N) is 2. The number of sulfonamides is 1. The first-order valence-electron chi connectivity index (χ1n) is 8.08. The third kappa shape index (κ3) is 4.13. The van der Waals surface area contributed by atoms with Gasteiger partial charge in [0.15, 0.2) is 0 Å². The molecule has 0 radical (unpaired) electrons. The molecule has 1 aromatic carbocycles. The van der Waals surface area contributed by atoms with Gasteiger partial charge in [-0.15, -0.1) is 12.4 Å². The summed E-state index contributed by atoms with van der Waals surface area (Å²) in [6, 6.07) is 6.59. The van der Waals surface area contributed by atoms with Crippen LogP contribution >= 0.6 is 12.4 Å². The Morgan fingerprint density at radius 1 is 1.40 bits per heavy atom. The molecule has 7 nitrogen and oxygen atoms in total. The molecule has 0 spiro atoms. The second-order valence-electron chi connectivity index (χ2n) is 6.27. The molecule has 9 heteroatoms. The van der Waals surface area contributed by atoms with Crippen molar-refractivity contribution in [3.05, 3.63) is 29.8 Å². The minimum absolute atomic E-state index is 0. The van der Waals surface area contributed by atoms with E-state index in [0.717, 1.165) is 13.1 Å². The van der Waals surface area contributed by atoms with Crippen LogP contribution in [0.1, 0.15) is 25.8 Å². The van der Waals surface area contributed by atoms with Crippen molar-refractivity contribution in [3.8, 4) is 0 Å². The molecule has 2 aliphatic rings. The maximum absolute atomic E-state index is 12.5. The van der Waals surface area contributed by atoms with Crippen LogP contribution in [0.15, 0.2) is 34.2 Å². The zero-order valence-corrected chi connectivity index (χ0v) is 15.9. The van der Waals surface area contributed by atoms with Gasteiger partial charge in [-0.05, 0) is 26.0 Å². The van der Waals surface area contributed by atoms with Crippen LogP contribution in [0, 0.1) is 0 Å². The maximum Gasteiger partial charge on any atom is 0.263 e. The van der Waals surface area contributed by atoms with Crippen LogP contribution in [0.2, 0.25) is 0 Å². The van der Waals surface area contributed by atoms with Gasteiger partial charge in [0.25, 0.3) is 10.0 Å². The Hall–Kier alpha value is -1.64. The van der Waals surface area contributed by atoms with E-state index in [9.17, 15) is 13.2 Å². The largest absolute Gasteiger partial charge is 0.337 e. The first-order chi connectivity index (χ1) is 11.4. The highest BCUT2D eigenvalue weighted by atomic mass is 35.5. The molecule has 1 aromatic rings. The topological polar surface area (TPSA) is 90.9 Å². The summed E-state index contributed by atoms with van der Waals surface area (Å²) in [7, 11) is -3.54. The number of hydrogen-bond acceptors (Lipinski definition) is 5. The Morgan fingerprint density at radius 3 is 2.84 bits per heavy atom. The van der Waals surface area contributed by atoms with Crippen LogP contribution in [0.3, 0.4) is 0 Å². The number of carbonyl (C=O) groups is 1. The molecule has 1 saturated heterocycles. The molecule has 25 heavy (non-hydrogen) atoms. The van der Waals surface area contributed by atoms with Crippen molar-refractivity contribution in [2.45, 2.75) is 37.2 Å². The zero-order valence-electron chi connectivity index (χ0n) is 14.2. The molecule has 2 N–H and O–H groups in total. The Balaban J connectivity index is 0.00000225. The lowest BCUT2D eigenvalue weighted by Gasteiger charge is -2.34. The summed E-state index contributed by atoms with van der Waals surface area (Å²) in [6.45, 7) is 6.13. The van der Waals surface area contributed by atoms with Crippen molar-refractivity contribution in [3.63, 3.8) is 0 Å². The average molecular weight is 387 g/mol. The van der Waals surface area contributed by atoms with Crippen molar-refractivity contribution < 1.29 is 13.2 Å². The van der Waals surface area contributed by atoms with E-state index in [1.165, 1.54) is 0 Å². The van der Waals surface area contributed by atoms with Gasteiger partial charge in [0.05, 0.1) is 10.9 Å². The zero-order chi connectivity index (χ0) is 17.3. The highest BCUT2D eigenvalue weighted by Crippen LogP contribution is 2.23. The SMILES string of the molecule is CC(CC(=O)N1CCNC[C@@H]1C)N=C1NS(=O)(=O)c2ccccc21.Cl. The van der Waals surface area contributed by atoms with Gasteiger partial charge in [-0.2, -0.15) is 0 Å².